The Morgan fingerprint density at radius 1 is 1.38 bits per heavy atom. The second kappa shape index (κ2) is 7.15. The second-order valence-corrected chi connectivity index (χ2v) is 6.59. The van der Waals surface area contributed by atoms with Crippen LogP contribution >= 0.6 is 11.3 Å². The van der Waals surface area contributed by atoms with Crippen molar-refractivity contribution in [3.05, 3.63) is 40.8 Å². The maximum Gasteiger partial charge on any atom is 0.341 e. The Hall–Kier alpha value is -2.18. The standard InChI is InChI=1S/C18H19NO4S/c1-11-5-3-6-12(9-11)13-10-24-17(15(13)18(21)22-2)19-16(20)14-7-4-8-23-14/h3,5-6,9-10,14H,4,7-8H2,1-2H3,(H,19,20)/t14-/m1/s1. The minimum absolute atomic E-state index is 0.213. The number of esters is 1. The molecular weight excluding hydrogens is 326 g/mol. The van der Waals surface area contributed by atoms with Crippen molar-refractivity contribution in [1.82, 2.24) is 0 Å². The topological polar surface area (TPSA) is 64.6 Å². The van der Waals surface area contributed by atoms with E-state index in [1.54, 1.807) is 0 Å². The quantitative estimate of drug-likeness (QED) is 0.860. The van der Waals surface area contributed by atoms with E-state index in [1.807, 2.05) is 36.6 Å². The van der Waals surface area contributed by atoms with Gasteiger partial charge in [-0.2, -0.15) is 0 Å². The van der Waals surface area contributed by atoms with Gasteiger partial charge in [-0.15, -0.1) is 11.3 Å². The van der Waals surface area contributed by atoms with E-state index in [0.29, 0.717) is 23.6 Å². The van der Waals surface area contributed by atoms with Crippen LogP contribution in [0.4, 0.5) is 5.00 Å². The Labute approximate surface area is 144 Å². The largest absolute Gasteiger partial charge is 0.465 e. The molecule has 0 unspecified atom stereocenters. The van der Waals surface area contributed by atoms with Crippen LogP contribution in [-0.4, -0.2) is 31.7 Å². The first-order chi connectivity index (χ1) is 11.6. The number of benzene rings is 1. The molecule has 0 saturated carbocycles. The molecule has 1 aromatic carbocycles. The summed E-state index contributed by atoms with van der Waals surface area (Å²) in [7, 11) is 1.34. The van der Waals surface area contributed by atoms with E-state index in [1.165, 1.54) is 18.4 Å². The van der Waals surface area contributed by atoms with Gasteiger partial charge in [-0.05, 0) is 25.3 Å². The lowest BCUT2D eigenvalue weighted by Crippen LogP contribution is -2.27. The van der Waals surface area contributed by atoms with Crippen LogP contribution in [-0.2, 0) is 14.3 Å². The van der Waals surface area contributed by atoms with Gasteiger partial charge in [0.15, 0.2) is 0 Å². The molecule has 3 rings (SSSR count). The number of amides is 1. The Morgan fingerprint density at radius 3 is 2.88 bits per heavy atom. The summed E-state index contributed by atoms with van der Waals surface area (Å²) in [5.41, 5.74) is 3.17. The predicted octanol–water partition coefficient (Wildman–Crippen LogP) is 3.63. The number of methoxy groups -OCH3 is 1. The number of hydrogen-bond acceptors (Lipinski definition) is 5. The smallest absolute Gasteiger partial charge is 0.341 e. The van der Waals surface area contributed by atoms with Crippen LogP contribution in [0.15, 0.2) is 29.6 Å². The Bertz CT molecular complexity index is 762. The summed E-state index contributed by atoms with van der Waals surface area (Å²) in [6, 6.07) is 7.87. The third kappa shape index (κ3) is 3.34. The summed E-state index contributed by atoms with van der Waals surface area (Å²) in [6.45, 7) is 2.59. The van der Waals surface area contributed by atoms with E-state index in [4.69, 9.17) is 9.47 Å². The SMILES string of the molecule is COC(=O)c1c(-c2cccc(C)c2)csc1NC(=O)[C@H]1CCCO1. The number of rotatable bonds is 4. The van der Waals surface area contributed by atoms with Crippen LogP contribution < -0.4 is 5.32 Å². The van der Waals surface area contributed by atoms with Gasteiger partial charge in [-0.25, -0.2) is 4.79 Å². The van der Waals surface area contributed by atoms with Crippen molar-refractivity contribution in [3.8, 4) is 11.1 Å². The maximum absolute atomic E-state index is 12.3. The number of carbonyl (C=O) groups excluding carboxylic acids is 2. The summed E-state index contributed by atoms with van der Waals surface area (Å²) in [5, 5.41) is 5.19. The zero-order chi connectivity index (χ0) is 17.1. The fourth-order valence-corrected chi connectivity index (χ4v) is 3.72. The molecule has 0 radical (unpaired) electrons. The summed E-state index contributed by atoms with van der Waals surface area (Å²) in [6.07, 6.45) is 1.14. The Kier molecular flexibility index (Phi) is 4.97. The van der Waals surface area contributed by atoms with Crippen molar-refractivity contribution in [3.63, 3.8) is 0 Å². The van der Waals surface area contributed by atoms with Crippen molar-refractivity contribution in [2.75, 3.05) is 19.0 Å². The summed E-state index contributed by atoms with van der Waals surface area (Å²) >= 11 is 1.32. The summed E-state index contributed by atoms with van der Waals surface area (Å²) < 4.78 is 10.3. The van der Waals surface area contributed by atoms with E-state index >= 15 is 0 Å². The van der Waals surface area contributed by atoms with Crippen LogP contribution in [0.3, 0.4) is 0 Å². The fourth-order valence-electron chi connectivity index (χ4n) is 2.76. The van der Waals surface area contributed by atoms with Gasteiger partial charge in [0.1, 0.15) is 16.7 Å². The molecule has 1 aliphatic rings. The van der Waals surface area contributed by atoms with Crippen molar-refractivity contribution in [2.45, 2.75) is 25.9 Å². The first kappa shape index (κ1) is 16.7. The molecule has 1 aromatic heterocycles. The molecule has 2 aromatic rings. The molecule has 1 saturated heterocycles. The Morgan fingerprint density at radius 2 is 2.21 bits per heavy atom. The van der Waals surface area contributed by atoms with Crippen molar-refractivity contribution >= 4 is 28.2 Å². The molecule has 1 atom stereocenters. The molecule has 1 fully saturated rings. The van der Waals surface area contributed by atoms with E-state index in [9.17, 15) is 9.59 Å². The number of ether oxygens (including phenoxy) is 2. The lowest BCUT2D eigenvalue weighted by molar-refractivity contribution is -0.124. The predicted molar refractivity (Wildman–Crippen MR) is 93.4 cm³/mol. The molecule has 2 heterocycles. The molecule has 6 heteroatoms. The van der Waals surface area contributed by atoms with Crippen molar-refractivity contribution in [1.29, 1.82) is 0 Å². The number of thiophene rings is 1. The van der Waals surface area contributed by atoms with Gasteiger partial charge in [0.2, 0.25) is 0 Å². The van der Waals surface area contributed by atoms with Gasteiger partial charge in [-0.1, -0.05) is 29.8 Å². The fraction of sp³-hybridized carbons (Fsp3) is 0.333. The van der Waals surface area contributed by atoms with E-state index in [0.717, 1.165) is 23.1 Å². The molecule has 24 heavy (non-hydrogen) atoms. The van der Waals surface area contributed by atoms with Crippen LogP contribution in [0.5, 0.6) is 0 Å². The number of carbonyl (C=O) groups is 2. The maximum atomic E-state index is 12.3. The summed E-state index contributed by atoms with van der Waals surface area (Å²) in [4.78, 5) is 24.6. The molecule has 1 aliphatic heterocycles. The monoisotopic (exact) mass is 345 g/mol. The van der Waals surface area contributed by atoms with Gasteiger partial charge in [-0.3, -0.25) is 4.79 Å². The highest BCUT2D eigenvalue weighted by molar-refractivity contribution is 7.15. The normalized spacial score (nSPS) is 16.8. The van der Waals surface area contributed by atoms with Crippen LogP contribution in [0.1, 0.15) is 28.8 Å². The third-order valence-corrected chi connectivity index (χ3v) is 4.86. The van der Waals surface area contributed by atoms with Gasteiger partial charge < -0.3 is 14.8 Å². The number of aryl methyl sites for hydroxylation is 1. The Balaban J connectivity index is 1.95. The number of nitrogens with one attached hydrogen (secondary N) is 1. The average Bonchev–Trinajstić information content (AvgIpc) is 3.24. The zero-order valence-electron chi connectivity index (χ0n) is 13.6. The highest BCUT2D eigenvalue weighted by atomic mass is 32.1. The third-order valence-electron chi connectivity index (χ3n) is 3.97. The van der Waals surface area contributed by atoms with Crippen LogP contribution in [0, 0.1) is 6.92 Å². The van der Waals surface area contributed by atoms with E-state index in [-0.39, 0.29) is 5.91 Å². The first-order valence-electron chi connectivity index (χ1n) is 7.79. The molecular formula is C18H19NO4S. The number of anilines is 1. The molecule has 126 valence electrons. The second-order valence-electron chi connectivity index (χ2n) is 5.71. The van der Waals surface area contributed by atoms with Crippen molar-refractivity contribution < 1.29 is 19.1 Å². The first-order valence-corrected chi connectivity index (χ1v) is 8.67. The lowest BCUT2D eigenvalue weighted by Gasteiger charge is -2.11. The van der Waals surface area contributed by atoms with Gasteiger partial charge in [0, 0.05) is 17.6 Å². The molecule has 0 spiro atoms. The average molecular weight is 345 g/mol. The molecule has 0 aliphatic carbocycles. The highest BCUT2D eigenvalue weighted by Crippen LogP contribution is 2.36. The molecule has 0 bridgehead atoms. The van der Waals surface area contributed by atoms with E-state index < -0.39 is 12.1 Å². The molecule has 1 amide bonds. The van der Waals surface area contributed by atoms with Gasteiger partial charge >= 0.3 is 5.97 Å². The number of hydrogen-bond donors (Lipinski definition) is 1. The van der Waals surface area contributed by atoms with Gasteiger partial charge in [0.25, 0.3) is 5.91 Å². The van der Waals surface area contributed by atoms with Gasteiger partial charge in [0.05, 0.1) is 7.11 Å². The minimum atomic E-state index is -0.463. The molecule has 5 nitrogen and oxygen atoms in total. The van der Waals surface area contributed by atoms with Crippen molar-refractivity contribution in [2.24, 2.45) is 0 Å². The molecule has 1 N–H and O–H groups in total. The van der Waals surface area contributed by atoms with E-state index in [2.05, 4.69) is 5.32 Å². The summed E-state index contributed by atoms with van der Waals surface area (Å²) in [5.74, 6) is -0.675. The highest BCUT2D eigenvalue weighted by Gasteiger charge is 2.27. The van der Waals surface area contributed by atoms with Crippen LogP contribution in [0.2, 0.25) is 0 Å². The minimum Gasteiger partial charge on any atom is -0.465 e. The zero-order valence-corrected chi connectivity index (χ0v) is 14.4. The lowest BCUT2D eigenvalue weighted by atomic mass is 10.0. The van der Waals surface area contributed by atoms with Crippen LogP contribution in [0.25, 0.3) is 11.1 Å².